The third-order valence-corrected chi connectivity index (χ3v) is 3.74. The van der Waals surface area contributed by atoms with E-state index in [4.69, 9.17) is 0 Å². The van der Waals surface area contributed by atoms with Gasteiger partial charge in [-0.05, 0) is 45.7 Å². The fourth-order valence-corrected chi connectivity index (χ4v) is 2.65. The van der Waals surface area contributed by atoms with Crippen molar-refractivity contribution in [3.8, 4) is 0 Å². The number of carbonyl (C=O) groups excluding carboxylic acids is 1. The largest absolute Gasteiger partial charge is 0.353 e. The first-order valence-corrected chi connectivity index (χ1v) is 7.71. The minimum Gasteiger partial charge on any atom is -0.353 e. The molecule has 2 aromatic rings. The Morgan fingerprint density at radius 1 is 1.35 bits per heavy atom. The van der Waals surface area contributed by atoms with E-state index >= 15 is 0 Å². The van der Waals surface area contributed by atoms with E-state index in [0.717, 1.165) is 22.6 Å². The highest BCUT2D eigenvalue weighted by Gasteiger charge is 2.12. The van der Waals surface area contributed by atoms with Crippen molar-refractivity contribution in [1.82, 2.24) is 25.5 Å². The van der Waals surface area contributed by atoms with Gasteiger partial charge in [0.05, 0.1) is 5.69 Å². The molecule has 2 heterocycles. The summed E-state index contributed by atoms with van der Waals surface area (Å²) in [5.74, 6) is -0.0187. The van der Waals surface area contributed by atoms with Gasteiger partial charge in [-0.3, -0.25) is 9.89 Å². The molecule has 0 spiro atoms. The van der Waals surface area contributed by atoms with E-state index in [0.29, 0.717) is 25.0 Å². The average Bonchev–Trinajstić information content (AvgIpc) is 2.82. The van der Waals surface area contributed by atoms with E-state index in [2.05, 4.69) is 25.5 Å². The molecule has 0 radical (unpaired) electrons. The summed E-state index contributed by atoms with van der Waals surface area (Å²) in [6, 6.07) is 1.99. The van der Waals surface area contributed by atoms with Gasteiger partial charge in [0, 0.05) is 36.0 Å². The molecule has 7 nitrogen and oxygen atoms in total. The number of hydrogen-bond donors (Lipinski definition) is 3. The van der Waals surface area contributed by atoms with Crippen molar-refractivity contribution < 1.29 is 4.79 Å². The van der Waals surface area contributed by atoms with Crippen LogP contribution in [0.15, 0.2) is 10.9 Å². The zero-order valence-electron chi connectivity index (χ0n) is 14.0. The van der Waals surface area contributed by atoms with Gasteiger partial charge in [-0.1, -0.05) is 0 Å². The van der Waals surface area contributed by atoms with Crippen LogP contribution in [0.25, 0.3) is 0 Å². The molecule has 0 saturated heterocycles. The molecule has 7 heteroatoms. The predicted molar refractivity (Wildman–Crippen MR) is 87.3 cm³/mol. The highest BCUT2D eigenvalue weighted by atomic mass is 16.1. The van der Waals surface area contributed by atoms with Crippen LogP contribution in [0.5, 0.6) is 0 Å². The van der Waals surface area contributed by atoms with E-state index in [9.17, 15) is 9.59 Å². The van der Waals surface area contributed by atoms with Crippen molar-refractivity contribution in [3.63, 3.8) is 0 Å². The van der Waals surface area contributed by atoms with E-state index in [1.807, 2.05) is 26.8 Å². The highest BCUT2D eigenvalue weighted by molar-refractivity contribution is 5.76. The van der Waals surface area contributed by atoms with E-state index < -0.39 is 0 Å². The Morgan fingerprint density at radius 2 is 2.09 bits per heavy atom. The molecular weight excluding hydrogens is 294 g/mol. The molecule has 1 amide bonds. The molecule has 2 aromatic heterocycles. The van der Waals surface area contributed by atoms with E-state index in [1.165, 1.54) is 0 Å². The van der Waals surface area contributed by atoms with Gasteiger partial charge >= 0.3 is 5.69 Å². The zero-order valence-corrected chi connectivity index (χ0v) is 14.0. The molecule has 0 aliphatic carbocycles. The maximum absolute atomic E-state index is 12.1. The topological polar surface area (TPSA) is 104 Å². The number of carbonyl (C=O) groups is 1. The second kappa shape index (κ2) is 7.21. The molecule has 1 atom stereocenters. The Balaban J connectivity index is 1.86. The summed E-state index contributed by atoms with van der Waals surface area (Å²) in [5, 5.41) is 10.0. The molecule has 1 unspecified atom stereocenters. The first-order chi connectivity index (χ1) is 10.8. The van der Waals surface area contributed by atoms with Crippen molar-refractivity contribution in [2.75, 3.05) is 0 Å². The Bertz CT molecular complexity index is 721. The number of aromatic amines is 2. The molecule has 3 N–H and O–H groups in total. The summed E-state index contributed by atoms with van der Waals surface area (Å²) in [7, 11) is 0. The van der Waals surface area contributed by atoms with Crippen LogP contribution in [0.1, 0.15) is 41.7 Å². The first kappa shape index (κ1) is 16.9. The van der Waals surface area contributed by atoms with Crippen LogP contribution in [0.3, 0.4) is 0 Å². The number of aryl methyl sites for hydroxylation is 3. The smallest absolute Gasteiger partial charge is 0.345 e. The van der Waals surface area contributed by atoms with Crippen molar-refractivity contribution in [3.05, 3.63) is 44.9 Å². The molecule has 0 aromatic carbocycles. The Kier molecular flexibility index (Phi) is 5.31. The average molecular weight is 317 g/mol. The number of aromatic nitrogens is 4. The Morgan fingerprint density at radius 3 is 2.70 bits per heavy atom. The van der Waals surface area contributed by atoms with E-state index in [1.54, 1.807) is 6.92 Å². The summed E-state index contributed by atoms with van der Waals surface area (Å²) < 4.78 is 0. The van der Waals surface area contributed by atoms with Crippen LogP contribution in [-0.4, -0.2) is 32.1 Å². The molecule has 0 aliphatic heterocycles. The molecule has 2 rings (SSSR count). The summed E-state index contributed by atoms with van der Waals surface area (Å²) in [6.07, 6.45) is 1.61. The lowest BCUT2D eigenvalue weighted by atomic mass is 10.1. The van der Waals surface area contributed by atoms with Crippen molar-refractivity contribution >= 4 is 5.91 Å². The SMILES string of the molecule is Cc1cc(CC(C)NC(=O)CCc2c(C)nc(=O)[nH]c2C)n[nH]1. The molecule has 23 heavy (non-hydrogen) atoms. The maximum Gasteiger partial charge on any atom is 0.345 e. The standard InChI is InChI=1S/C16H23N5O2/c1-9(7-13-8-10(2)20-21-13)17-15(22)6-5-14-11(3)18-16(23)19-12(14)4/h8-9H,5-7H2,1-4H3,(H,17,22)(H,20,21)(H,18,19,23). The fraction of sp³-hybridized carbons (Fsp3) is 0.500. The summed E-state index contributed by atoms with van der Waals surface area (Å²) >= 11 is 0. The second-order valence-corrected chi connectivity index (χ2v) is 5.95. The van der Waals surface area contributed by atoms with Crippen LogP contribution in [0.2, 0.25) is 0 Å². The number of nitrogens with zero attached hydrogens (tertiary/aromatic N) is 2. The molecule has 0 fully saturated rings. The molecule has 124 valence electrons. The number of rotatable bonds is 6. The van der Waals surface area contributed by atoms with Crippen LogP contribution in [-0.2, 0) is 17.6 Å². The van der Waals surface area contributed by atoms with Gasteiger partial charge in [0.25, 0.3) is 0 Å². The van der Waals surface area contributed by atoms with Crippen LogP contribution in [0, 0.1) is 20.8 Å². The quantitative estimate of drug-likeness (QED) is 0.742. The number of H-pyrrole nitrogens is 2. The first-order valence-electron chi connectivity index (χ1n) is 7.71. The normalized spacial score (nSPS) is 12.2. The van der Waals surface area contributed by atoms with Crippen LogP contribution in [0.4, 0.5) is 0 Å². The van der Waals surface area contributed by atoms with Gasteiger partial charge in [-0.2, -0.15) is 10.1 Å². The Labute approximate surface area is 134 Å². The number of hydrogen-bond acceptors (Lipinski definition) is 4. The molecule has 0 bridgehead atoms. The lowest BCUT2D eigenvalue weighted by Crippen LogP contribution is -2.34. The van der Waals surface area contributed by atoms with Gasteiger partial charge in [-0.15, -0.1) is 0 Å². The van der Waals surface area contributed by atoms with Gasteiger partial charge < -0.3 is 10.3 Å². The minimum atomic E-state index is -0.351. The second-order valence-electron chi connectivity index (χ2n) is 5.95. The van der Waals surface area contributed by atoms with Crippen molar-refractivity contribution in [2.45, 2.75) is 53.0 Å². The third kappa shape index (κ3) is 4.77. The van der Waals surface area contributed by atoms with Crippen molar-refractivity contribution in [1.29, 1.82) is 0 Å². The summed E-state index contributed by atoms with van der Waals surface area (Å²) in [5.41, 5.74) is 3.97. The highest BCUT2D eigenvalue weighted by Crippen LogP contribution is 2.10. The monoisotopic (exact) mass is 317 g/mol. The van der Waals surface area contributed by atoms with Crippen LogP contribution >= 0.6 is 0 Å². The molecular formula is C16H23N5O2. The minimum absolute atomic E-state index is 0.0149. The Hall–Kier alpha value is -2.44. The van der Waals surface area contributed by atoms with Crippen LogP contribution < -0.4 is 11.0 Å². The number of amides is 1. The van der Waals surface area contributed by atoms with Gasteiger partial charge in [-0.25, -0.2) is 4.79 Å². The van der Waals surface area contributed by atoms with Crippen molar-refractivity contribution in [2.24, 2.45) is 0 Å². The zero-order chi connectivity index (χ0) is 17.0. The number of nitrogens with one attached hydrogen (secondary N) is 3. The maximum atomic E-state index is 12.1. The van der Waals surface area contributed by atoms with E-state index in [-0.39, 0.29) is 17.6 Å². The van der Waals surface area contributed by atoms with Gasteiger partial charge in [0.15, 0.2) is 0 Å². The predicted octanol–water partition coefficient (Wildman–Crippen LogP) is 1.10. The lowest BCUT2D eigenvalue weighted by Gasteiger charge is -2.13. The lowest BCUT2D eigenvalue weighted by molar-refractivity contribution is -0.121. The molecule has 0 aliphatic rings. The fourth-order valence-electron chi connectivity index (χ4n) is 2.65. The summed E-state index contributed by atoms with van der Waals surface area (Å²) in [4.78, 5) is 29.9. The molecule has 0 saturated carbocycles. The van der Waals surface area contributed by atoms with Gasteiger partial charge in [0.2, 0.25) is 5.91 Å². The summed E-state index contributed by atoms with van der Waals surface area (Å²) in [6.45, 7) is 7.52. The third-order valence-electron chi connectivity index (χ3n) is 3.74. The van der Waals surface area contributed by atoms with Gasteiger partial charge in [0.1, 0.15) is 0 Å².